The average Bonchev–Trinajstić information content (AvgIpc) is 3.21. The van der Waals surface area contributed by atoms with Crippen LogP contribution in [0.3, 0.4) is 0 Å². The molecule has 0 saturated carbocycles. The van der Waals surface area contributed by atoms with Crippen LogP contribution >= 0.6 is 11.3 Å². The number of hydrogen-bond donors (Lipinski definition) is 0. The summed E-state index contributed by atoms with van der Waals surface area (Å²) >= 11 is 1.50. The molecule has 9 nitrogen and oxygen atoms in total. The molecule has 148 valence electrons. The van der Waals surface area contributed by atoms with E-state index in [-0.39, 0.29) is 12.6 Å². The van der Waals surface area contributed by atoms with Gasteiger partial charge in [-0.05, 0) is 19.1 Å². The summed E-state index contributed by atoms with van der Waals surface area (Å²) in [6, 6.07) is 6.85. The van der Waals surface area contributed by atoms with Crippen LogP contribution in [0, 0.1) is 0 Å². The normalized spacial score (nSPS) is 15.2. The van der Waals surface area contributed by atoms with Crippen molar-refractivity contribution in [3.8, 4) is 0 Å². The minimum atomic E-state index is -0.814. The SMILES string of the molecule is C[C@@H](c1nc2ccccc2s1)N(C)C(=O)COC(=O)CN1C(=O)CN(C)C1=O. The topological polar surface area (TPSA) is 100 Å². The highest BCUT2D eigenvalue weighted by Crippen LogP contribution is 2.28. The number of thiazole rings is 1. The van der Waals surface area contributed by atoms with Crippen molar-refractivity contribution < 1.29 is 23.9 Å². The largest absolute Gasteiger partial charge is 0.454 e. The smallest absolute Gasteiger partial charge is 0.327 e. The zero-order valence-corrected chi connectivity index (χ0v) is 16.6. The van der Waals surface area contributed by atoms with Crippen molar-refractivity contribution in [3.63, 3.8) is 0 Å². The highest BCUT2D eigenvalue weighted by atomic mass is 32.1. The van der Waals surface area contributed by atoms with Crippen LogP contribution in [0.5, 0.6) is 0 Å². The minimum absolute atomic E-state index is 0.0759. The van der Waals surface area contributed by atoms with Gasteiger partial charge < -0.3 is 14.5 Å². The third kappa shape index (κ3) is 3.96. The van der Waals surface area contributed by atoms with Gasteiger partial charge >= 0.3 is 12.0 Å². The molecule has 1 atom stereocenters. The van der Waals surface area contributed by atoms with Crippen molar-refractivity contribution in [3.05, 3.63) is 29.3 Å². The quantitative estimate of drug-likeness (QED) is 0.531. The summed E-state index contributed by atoms with van der Waals surface area (Å²) in [5.74, 6) is -1.69. The van der Waals surface area contributed by atoms with Gasteiger partial charge in [-0.15, -0.1) is 11.3 Å². The Kier molecular flexibility index (Phi) is 5.59. The minimum Gasteiger partial charge on any atom is -0.454 e. The summed E-state index contributed by atoms with van der Waals surface area (Å²) in [7, 11) is 3.07. The number of para-hydroxylation sites is 1. The third-order valence-electron chi connectivity index (χ3n) is 4.52. The van der Waals surface area contributed by atoms with E-state index in [1.165, 1.54) is 28.2 Å². The van der Waals surface area contributed by atoms with Gasteiger partial charge in [0.2, 0.25) is 0 Å². The van der Waals surface area contributed by atoms with Crippen LogP contribution in [0.15, 0.2) is 24.3 Å². The van der Waals surface area contributed by atoms with Crippen LogP contribution in [-0.4, -0.2) is 77.3 Å². The van der Waals surface area contributed by atoms with Gasteiger partial charge in [-0.1, -0.05) is 12.1 Å². The fraction of sp³-hybridized carbons (Fsp3) is 0.389. The Labute approximate surface area is 165 Å². The molecular weight excluding hydrogens is 384 g/mol. The number of amides is 4. The van der Waals surface area contributed by atoms with E-state index in [1.807, 2.05) is 31.2 Å². The predicted octanol–water partition coefficient (Wildman–Crippen LogP) is 1.25. The second-order valence-corrected chi connectivity index (χ2v) is 7.54. The van der Waals surface area contributed by atoms with Gasteiger partial charge in [-0.25, -0.2) is 9.78 Å². The zero-order valence-electron chi connectivity index (χ0n) is 15.7. The fourth-order valence-corrected chi connectivity index (χ4v) is 3.76. The summed E-state index contributed by atoms with van der Waals surface area (Å²) in [4.78, 5) is 55.7. The number of esters is 1. The van der Waals surface area contributed by atoms with Crippen molar-refractivity contribution >= 4 is 45.4 Å². The lowest BCUT2D eigenvalue weighted by molar-refractivity contribution is -0.153. The Hall–Kier alpha value is -3.01. The Morgan fingerprint density at radius 3 is 2.68 bits per heavy atom. The van der Waals surface area contributed by atoms with E-state index in [2.05, 4.69) is 4.98 Å². The molecule has 3 rings (SSSR count). The maximum absolute atomic E-state index is 12.4. The molecule has 4 amide bonds. The molecule has 1 saturated heterocycles. The lowest BCUT2D eigenvalue weighted by Gasteiger charge is -2.23. The first-order valence-corrected chi connectivity index (χ1v) is 9.41. The second kappa shape index (κ2) is 7.93. The molecule has 1 fully saturated rings. The van der Waals surface area contributed by atoms with Crippen LogP contribution in [0.1, 0.15) is 18.0 Å². The zero-order chi connectivity index (χ0) is 20.4. The Morgan fingerprint density at radius 2 is 2.04 bits per heavy atom. The highest BCUT2D eigenvalue weighted by molar-refractivity contribution is 7.18. The second-order valence-electron chi connectivity index (χ2n) is 6.48. The molecule has 0 bridgehead atoms. The molecule has 1 aromatic heterocycles. The number of carbonyl (C=O) groups excluding carboxylic acids is 4. The number of hydrogen-bond acceptors (Lipinski definition) is 7. The molecule has 28 heavy (non-hydrogen) atoms. The molecular formula is C18H20N4O5S. The molecule has 1 aliphatic heterocycles. The first-order chi connectivity index (χ1) is 13.3. The Balaban J connectivity index is 1.54. The van der Waals surface area contributed by atoms with Gasteiger partial charge in [0.05, 0.1) is 16.3 Å². The molecule has 1 aromatic carbocycles. The van der Waals surface area contributed by atoms with Gasteiger partial charge in [0.1, 0.15) is 18.1 Å². The molecule has 10 heteroatoms. The summed E-state index contributed by atoms with van der Waals surface area (Å²) in [5.41, 5.74) is 0.867. The van der Waals surface area contributed by atoms with E-state index < -0.39 is 37.0 Å². The van der Waals surface area contributed by atoms with Crippen molar-refractivity contribution in [1.82, 2.24) is 19.7 Å². The molecule has 0 N–H and O–H groups in total. The summed E-state index contributed by atoms with van der Waals surface area (Å²) in [6.45, 7) is 0.783. The van der Waals surface area contributed by atoms with E-state index >= 15 is 0 Å². The first-order valence-electron chi connectivity index (χ1n) is 8.60. The number of nitrogens with zero attached hydrogens (tertiary/aromatic N) is 4. The van der Waals surface area contributed by atoms with Crippen molar-refractivity contribution in [1.29, 1.82) is 0 Å². The number of urea groups is 1. The monoisotopic (exact) mass is 404 g/mol. The van der Waals surface area contributed by atoms with Gasteiger partial charge in [0.15, 0.2) is 6.61 Å². The van der Waals surface area contributed by atoms with Crippen LogP contribution in [0.25, 0.3) is 10.2 Å². The number of ether oxygens (including phenoxy) is 1. The van der Waals surface area contributed by atoms with Gasteiger partial charge in [0, 0.05) is 14.1 Å². The average molecular weight is 404 g/mol. The van der Waals surface area contributed by atoms with Crippen molar-refractivity contribution in [2.45, 2.75) is 13.0 Å². The molecule has 2 heterocycles. The van der Waals surface area contributed by atoms with Crippen molar-refractivity contribution in [2.75, 3.05) is 33.8 Å². The number of likely N-dealkylation sites (N-methyl/N-ethyl adjacent to an activating group) is 2. The van der Waals surface area contributed by atoms with Crippen LogP contribution in [0.2, 0.25) is 0 Å². The standard InChI is InChI=1S/C18H20N4O5S/c1-11(17-19-12-6-4-5-7-13(12)28-17)21(3)15(24)10-27-16(25)9-22-14(23)8-20(2)18(22)26/h4-7,11H,8-10H2,1-3H3/t11-/m0/s1. The Morgan fingerprint density at radius 1 is 1.32 bits per heavy atom. The lowest BCUT2D eigenvalue weighted by Crippen LogP contribution is -2.38. The molecule has 0 aliphatic carbocycles. The van der Waals surface area contributed by atoms with E-state index in [4.69, 9.17) is 4.74 Å². The molecule has 0 unspecified atom stereocenters. The maximum atomic E-state index is 12.4. The summed E-state index contributed by atoms with van der Waals surface area (Å²) in [6.07, 6.45) is 0. The predicted molar refractivity (Wildman–Crippen MR) is 102 cm³/mol. The summed E-state index contributed by atoms with van der Waals surface area (Å²) < 4.78 is 5.98. The third-order valence-corrected chi connectivity index (χ3v) is 5.72. The van der Waals surface area contributed by atoms with Gasteiger partial charge in [0.25, 0.3) is 11.8 Å². The van der Waals surface area contributed by atoms with Gasteiger partial charge in [-0.3, -0.25) is 19.3 Å². The first kappa shape index (κ1) is 19.7. The number of imide groups is 1. The fourth-order valence-electron chi connectivity index (χ4n) is 2.69. The molecule has 1 aliphatic rings. The molecule has 2 aromatic rings. The number of fused-ring (bicyclic) bond motifs is 1. The van der Waals surface area contributed by atoms with Crippen LogP contribution < -0.4 is 0 Å². The molecule has 0 radical (unpaired) electrons. The van der Waals surface area contributed by atoms with E-state index in [9.17, 15) is 19.2 Å². The van der Waals surface area contributed by atoms with Crippen molar-refractivity contribution in [2.24, 2.45) is 0 Å². The lowest BCUT2D eigenvalue weighted by atomic mass is 10.3. The summed E-state index contributed by atoms with van der Waals surface area (Å²) in [5, 5.41) is 0.777. The van der Waals surface area contributed by atoms with E-state index in [0.29, 0.717) is 0 Å². The molecule has 0 spiro atoms. The van der Waals surface area contributed by atoms with E-state index in [0.717, 1.165) is 20.1 Å². The maximum Gasteiger partial charge on any atom is 0.327 e. The van der Waals surface area contributed by atoms with Crippen LogP contribution in [-0.2, 0) is 19.1 Å². The number of carbonyl (C=O) groups is 4. The highest BCUT2D eigenvalue weighted by Gasteiger charge is 2.35. The van der Waals surface area contributed by atoms with Crippen LogP contribution in [0.4, 0.5) is 4.79 Å². The van der Waals surface area contributed by atoms with E-state index in [1.54, 1.807) is 7.05 Å². The Bertz CT molecular complexity index is 910. The van der Waals surface area contributed by atoms with Gasteiger partial charge in [-0.2, -0.15) is 0 Å². The number of benzene rings is 1. The number of rotatable bonds is 6. The number of aromatic nitrogens is 1.